The molecule has 1 heterocycles. The molecule has 1 amide bonds. The summed E-state index contributed by atoms with van der Waals surface area (Å²) in [4.78, 5) is 11.7. The van der Waals surface area contributed by atoms with Gasteiger partial charge in [0, 0.05) is 6.42 Å². The van der Waals surface area contributed by atoms with Crippen molar-refractivity contribution < 1.29 is 14.7 Å². The predicted molar refractivity (Wildman–Crippen MR) is 70.1 cm³/mol. The van der Waals surface area contributed by atoms with E-state index in [1.165, 1.54) is 0 Å². The van der Waals surface area contributed by atoms with Gasteiger partial charge in [0.1, 0.15) is 11.9 Å². The Morgan fingerprint density at radius 2 is 2.37 bits per heavy atom. The number of hydrogen-bond acceptors (Lipinski definition) is 4. The molecular weight excluding hydrogens is 246 g/mol. The molecule has 0 fully saturated rings. The van der Waals surface area contributed by atoms with Gasteiger partial charge in [0.05, 0.1) is 12.5 Å². The lowest BCUT2D eigenvalue weighted by molar-refractivity contribution is -0.123. The Balaban J connectivity index is 1.84. The van der Waals surface area contributed by atoms with E-state index in [9.17, 15) is 4.79 Å². The summed E-state index contributed by atoms with van der Waals surface area (Å²) in [6, 6.07) is 7.80. The fraction of sp³-hybridized carbons (Fsp3) is 0.385. The van der Waals surface area contributed by atoms with E-state index in [0.29, 0.717) is 6.54 Å². The summed E-state index contributed by atoms with van der Waals surface area (Å²) in [5.41, 5.74) is 6.52. The van der Waals surface area contributed by atoms with Crippen LogP contribution in [0.4, 0.5) is 0 Å². The summed E-state index contributed by atoms with van der Waals surface area (Å²) in [5.74, 6) is -0.178. The van der Waals surface area contributed by atoms with E-state index in [0.717, 1.165) is 17.7 Å². The van der Waals surface area contributed by atoms with E-state index < -0.39 is 5.92 Å². The van der Waals surface area contributed by atoms with E-state index >= 15 is 0 Å². The average molecular weight is 263 g/mol. The molecular formula is C13H17N3O3. The number of nitrogens with one attached hydrogen (secondary N) is 1. The number of nitrogens with zero attached hydrogens (tertiary/aromatic N) is 1. The number of carbonyl (C=O) groups excluding carboxylic acids is 1. The van der Waals surface area contributed by atoms with Gasteiger partial charge in [-0.3, -0.25) is 4.79 Å². The second-order valence-electron chi connectivity index (χ2n) is 4.54. The van der Waals surface area contributed by atoms with Gasteiger partial charge in [-0.25, -0.2) is 0 Å². The number of para-hydroxylation sites is 1. The number of fused-ring (bicyclic) bond motifs is 1. The van der Waals surface area contributed by atoms with Crippen LogP contribution in [0, 0.1) is 5.92 Å². The number of hydrogen-bond donors (Lipinski definition) is 3. The first kappa shape index (κ1) is 13.2. The Kier molecular flexibility index (Phi) is 3.89. The molecule has 0 saturated carbocycles. The van der Waals surface area contributed by atoms with E-state index in [4.69, 9.17) is 15.7 Å². The van der Waals surface area contributed by atoms with Gasteiger partial charge in [0.25, 0.3) is 0 Å². The third kappa shape index (κ3) is 2.96. The standard InChI is InChI=1S/C13H17N3O3/c1-8(12(14)16-18)13(17)15-7-10-6-9-4-2-3-5-11(9)19-10/h2-5,8,10,18H,6-7H2,1H3,(H2,14,16)(H,15,17). The molecule has 0 aliphatic carbocycles. The Hall–Kier alpha value is -2.24. The lowest BCUT2D eigenvalue weighted by Crippen LogP contribution is -2.41. The lowest BCUT2D eigenvalue weighted by Gasteiger charge is -2.14. The van der Waals surface area contributed by atoms with Gasteiger partial charge in [-0.1, -0.05) is 23.4 Å². The van der Waals surface area contributed by atoms with Crippen LogP contribution in [0.5, 0.6) is 5.75 Å². The van der Waals surface area contributed by atoms with Crippen molar-refractivity contribution in [1.29, 1.82) is 0 Å². The lowest BCUT2D eigenvalue weighted by atomic mass is 10.1. The van der Waals surface area contributed by atoms with Crippen molar-refractivity contribution in [3.63, 3.8) is 0 Å². The fourth-order valence-electron chi connectivity index (χ4n) is 1.96. The van der Waals surface area contributed by atoms with Gasteiger partial charge in [0.2, 0.25) is 5.91 Å². The third-order valence-electron chi connectivity index (χ3n) is 3.17. The Bertz CT molecular complexity index is 477. The van der Waals surface area contributed by atoms with Gasteiger partial charge < -0.3 is 21.0 Å². The van der Waals surface area contributed by atoms with E-state index in [2.05, 4.69) is 10.5 Å². The molecule has 6 nitrogen and oxygen atoms in total. The number of rotatable bonds is 4. The summed E-state index contributed by atoms with van der Waals surface area (Å²) >= 11 is 0. The van der Waals surface area contributed by atoms with Gasteiger partial charge in [0.15, 0.2) is 5.84 Å². The van der Waals surface area contributed by atoms with E-state index in [-0.39, 0.29) is 17.8 Å². The molecule has 0 aromatic heterocycles. The Morgan fingerprint density at radius 1 is 1.63 bits per heavy atom. The monoisotopic (exact) mass is 263 g/mol. The summed E-state index contributed by atoms with van der Waals surface area (Å²) in [7, 11) is 0. The summed E-state index contributed by atoms with van der Waals surface area (Å²) in [6.07, 6.45) is 0.704. The fourth-order valence-corrected chi connectivity index (χ4v) is 1.96. The van der Waals surface area contributed by atoms with Crippen molar-refractivity contribution in [2.45, 2.75) is 19.4 Å². The van der Waals surface area contributed by atoms with Crippen molar-refractivity contribution in [3.8, 4) is 5.75 Å². The summed E-state index contributed by atoms with van der Waals surface area (Å²) < 4.78 is 5.70. The SMILES string of the molecule is CC(C(=O)NCC1Cc2ccccc2O1)C(N)=NO. The van der Waals surface area contributed by atoms with Crippen LogP contribution in [-0.2, 0) is 11.2 Å². The second kappa shape index (κ2) is 5.60. The molecule has 4 N–H and O–H groups in total. The Morgan fingerprint density at radius 3 is 3.05 bits per heavy atom. The molecule has 2 rings (SSSR count). The largest absolute Gasteiger partial charge is 0.488 e. The van der Waals surface area contributed by atoms with Crippen LogP contribution < -0.4 is 15.8 Å². The first-order valence-corrected chi connectivity index (χ1v) is 6.11. The highest BCUT2D eigenvalue weighted by Crippen LogP contribution is 2.27. The molecule has 2 atom stereocenters. The van der Waals surface area contributed by atoms with Crippen LogP contribution in [-0.4, -0.2) is 29.6 Å². The van der Waals surface area contributed by atoms with Crippen molar-refractivity contribution in [2.75, 3.05) is 6.54 Å². The van der Waals surface area contributed by atoms with Crippen molar-refractivity contribution >= 4 is 11.7 Å². The van der Waals surface area contributed by atoms with Gasteiger partial charge in [-0.05, 0) is 18.6 Å². The molecule has 19 heavy (non-hydrogen) atoms. The van der Waals surface area contributed by atoms with Crippen LogP contribution in [0.25, 0.3) is 0 Å². The average Bonchev–Trinajstić information content (AvgIpc) is 2.85. The predicted octanol–water partition coefficient (Wildman–Crippen LogP) is 0.489. The van der Waals surface area contributed by atoms with Crippen LogP contribution in [0.1, 0.15) is 12.5 Å². The molecule has 1 aliphatic heterocycles. The third-order valence-corrected chi connectivity index (χ3v) is 3.17. The second-order valence-corrected chi connectivity index (χ2v) is 4.54. The first-order valence-electron chi connectivity index (χ1n) is 6.11. The van der Waals surface area contributed by atoms with Crippen LogP contribution in [0.15, 0.2) is 29.4 Å². The molecule has 2 unspecified atom stereocenters. The molecule has 102 valence electrons. The van der Waals surface area contributed by atoms with Crippen molar-refractivity contribution in [3.05, 3.63) is 29.8 Å². The zero-order valence-electron chi connectivity index (χ0n) is 10.7. The van der Waals surface area contributed by atoms with E-state index in [1.807, 2.05) is 24.3 Å². The van der Waals surface area contributed by atoms with Crippen LogP contribution in [0.3, 0.4) is 0 Å². The number of amidine groups is 1. The molecule has 6 heteroatoms. The number of amides is 1. The highest BCUT2D eigenvalue weighted by Gasteiger charge is 2.24. The van der Waals surface area contributed by atoms with Crippen molar-refractivity contribution in [2.24, 2.45) is 16.8 Å². The van der Waals surface area contributed by atoms with Crippen LogP contribution >= 0.6 is 0 Å². The highest BCUT2D eigenvalue weighted by atomic mass is 16.5. The quantitative estimate of drug-likeness (QED) is 0.319. The molecule has 0 saturated heterocycles. The summed E-state index contributed by atoms with van der Waals surface area (Å²) in [5, 5.41) is 14.1. The minimum absolute atomic E-state index is 0.0687. The van der Waals surface area contributed by atoms with Crippen LogP contribution in [0.2, 0.25) is 0 Å². The number of carbonyl (C=O) groups is 1. The molecule has 0 radical (unpaired) electrons. The molecule has 1 aromatic carbocycles. The normalized spacial score (nSPS) is 19.4. The number of nitrogens with two attached hydrogens (primary N) is 1. The topological polar surface area (TPSA) is 96.9 Å². The summed E-state index contributed by atoms with van der Waals surface area (Å²) in [6.45, 7) is 1.98. The highest BCUT2D eigenvalue weighted by molar-refractivity contribution is 6.01. The molecule has 1 aliphatic rings. The Labute approximate surface area is 111 Å². The first-order chi connectivity index (χ1) is 9.11. The maximum absolute atomic E-state index is 11.7. The molecule has 0 spiro atoms. The number of ether oxygens (including phenoxy) is 1. The molecule has 0 bridgehead atoms. The zero-order chi connectivity index (χ0) is 13.8. The maximum Gasteiger partial charge on any atom is 0.230 e. The van der Waals surface area contributed by atoms with Gasteiger partial charge in [-0.2, -0.15) is 0 Å². The van der Waals surface area contributed by atoms with Gasteiger partial charge in [-0.15, -0.1) is 0 Å². The van der Waals surface area contributed by atoms with Crippen molar-refractivity contribution in [1.82, 2.24) is 5.32 Å². The smallest absolute Gasteiger partial charge is 0.230 e. The minimum Gasteiger partial charge on any atom is -0.488 e. The zero-order valence-corrected chi connectivity index (χ0v) is 10.7. The maximum atomic E-state index is 11.7. The number of oxime groups is 1. The molecule has 1 aromatic rings. The minimum atomic E-state index is -0.659. The number of benzene rings is 1. The van der Waals surface area contributed by atoms with E-state index in [1.54, 1.807) is 6.92 Å². The van der Waals surface area contributed by atoms with Gasteiger partial charge >= 0.3 is 0 Å².